The van der Waals surface area contributed by atoms with Crippen LogP contribution in [-0.4, -0.2) is 34.7 Å². The van der Waals surface area contributed by atoms with E-state index >= 15 is 0 Å². The van der Waals surface area contributed by atoms with Crippen molar-refractivity contribution in [1.29, 1.82) is 0 Å². The Bertz CT molecular complexity index is 454. The first-order valence-corrected chi connectivity index (χ1v) is 8.15. The molecule has 0 bridgehead atoms. The predicted molar refractivity (Wildman–Crippen MR) is 83.1 cm³/mol. The van der Waals surface area contributed by atoms with Gasteiger partial charge in [-0.1, -0.05) is 6.92 Å². The minimum absolute atomic E-state index is 0.535. The van der Waals surface area contributed by atoms with Crippen molar-refractivity contribution in [2.45, 2.75) is 51.7 Å². The first-order chi connectivity index (χ1) is 9.65. The maximum absolute atomic E-state index is 10.1. The monoisotopic (exact) mass is 296 g/mol. The third-order valence-electron chi connectivity index (χ3n) is 3.54. The van der Waals surface area contributed by atoms with Gasteiger partial charge >= 0.3 is 0 Å². The van der Waals surface area contributed by atoms with Gasteiger partial charge in [-0.15, -0.1) is 11.3 Å². The van der Waals surface area contributed by atoms with Gasteiger partial charge in [0.1, 0.15) is 5.01 Å². The van der Waals surface area contributed by atoms with Crippen molar-refractivity contribution in [1.82, 2.24) is 15.6 Å². The van der Waals surface area contributed by atoms with Crippen molar-refractivity contribution in [2.75, 3.05) is 13.1 Å². The summed E-state index contributed by atoms with van der Waals surface area (Å²) >= 11 is 1.71. The third kappa shape index (κ3) is 4.18. The summed E-state index contributed by atoms with van der Waals surface area (Å²) < 4.78 is 0. The summed E-state index contributed by atoms with van der Waals surface area (Å²) in [6, 6.07) is 0. The fraction of sp³-hybridized carbons (Fsp3) is 0.714. The molecule has 1 fully saturated rings. The molecule has 1 aliphatic carbocycles. The zero-order valence-corrected chi connectivity index (χ0v) is 13.1. The van der Waals surface area contributed by atoms with E-state index in [2.05, 4.69) is 27.5 Å². The van der Waals surface area contributed by atoms with Crippen LogP contribution in [-0.2, 0) is 13.0 Å². The summed E-state index contributed by atoms with van der Waals surface area (Å²) in [5.74, 6) is 0.751. The highest BCUT2D eigenvalue weighted by Gasteiger charge is 2.34. The maximum atomic E-state index is 10.1. The fourth-order valence-corrected chi connectivity index (χ4v) is 2.87. The lowest BCUT2D eigenvalue weighted by Gasteiger charge is -2.36. The molecular weight excluding hydrogens is 272 g/mol. The molecule has 3 N–H and O–H groups in total. The number of aromatic nitrogens is 1. The lowest BCUT2D eigenvalue weighted by atomic mass is 9.80. The molecule has 1 saturated carbocycles. The Hall–Kier alpha value is -1.14. The summed E-state index contributed by atoms with van der Waals surface area (Å²) in [6.07, 6.45) is 5.82. The first-order valence-electron chi connectivity index (χ1n) is 7.33. The van der Waals surface area contributed by atoms with Gasteiger partial charge in [-0.2, -0.15) is 0 Å². The number of aliphatic hydroxyl groups is 1. The number of guanidine groups is 1. The van der Waals surface area contributed by atoms with Gasteiger partial charge in [0.25, 0.3) is 0 Å². The van der Waals surface area contributed by atoms with Gasteiger partial charge in [0.15, 0.2) is 5.96 Å². The molecule has 6 heteroatoms. The Morgan fingerprint density at radius 1 is 1.45 bits per heavy atom. The highest BCUT2D eigenvalue weighted by molar-refractivity contribution is 7.11. The van der Waals surface area contributed by atoms with Gasteiger partial charge < -0.3 is 15.7 Å². The number of rotatable bonds is 6. The van der Waals surface area contributed by atoms with E-state index in [1.54, 1.807) is 11.3 Å². The van der Waals surface area contributed by atoms with Crippen LogP contribution in [0.15, 0.2) is 11.2 Å². The number of thiazole rings is 1. The lowest BCUT2D eigenvalue weighted by Crippen LogP contribution is -2.50. The van der Waals surface area contributed by atoms with Gasteiger partial charge in [0.2, 0.25) is 0 Å². The summed E-state index contributed by atoms with van der Waals surface area (Å²) in [7, 11) is 0. The molecule has 0 aromatic carbocycles. The summed E-state index contributed by atoms with van der Waals surface area (Å²) in [5, 5.41) is 17.5. The molecule has 0 spiro atoms. The van der Waals surface area contributed by atoms with Crippen LogP contribution in [0.5, 0.6) is 0 Å². The molecule has 5 nitrogen and oxygen atoms in total. The third-order valence-corrected chi connectivity index (χ3v) is 4.66. The van der Waals surface area contributed by atoms with E-state index in [0.29, 0.717) is 13.1 Å². The van der Waals surface area contributed by atoms with E-state index in [4.69, 9.17) is 0 Å². The highest BCUT2D eigenvalue weighted by atomic mass is 32.1. The number of aryl methyl sites for hydroxylation is 1. The molecule has 1 aromatic rings. The Balaban J connectivity index is 1.87. The molecule has 1 heterocycles. The van der Waals surface area contributed by atoms with Crippen LogP contribution in [0.1, 0.15) is 43.0 Å². The Morgan fingerprint density at radius 3 is 2.80 bits per heavy atom. The smallest absolute Gasteiger partial charge is 0.191 e. The normalized spacial score (nSPS) is 17.6. The Labute approximate surface area is 124 Å². The SMILES string of the molecule is CCNC(=NCc1ncc(CC)s1)NCC1(O)CCC1. The minimum atomic E-state index is -0.535. The molecule has 0 aliphatic heterocycles. The van der Waals surface area contributed by atoms with Crippen molar-refractivity contribution in [3.8, 4) is 0 Å². The highest BCUT2D eigenvalue weighted by Crippen LogP contribution is 2.30. The molecular formula is C14H24N4OS. The number of hydrogen-bond donors (Lipinski definition) is 3. The number of hydrogen-bond acceptors (Lipinski definition) is 4. The van der Waals surface area contributed by atoms with Crippen LogP contribution < -0.4 is 10.6 Å². The molecule has 0 radical (unpaired) electrons. The summed E-state index contributed by atoms with van der Waals surface area (Å²) in [6.45, 7) is 6.12. The average molecular weight is 296 g/mol. The molecule has 2 rings (SSSR count). The van der Waals surface area contributed by atoms with Crippen molar-refractivity contribution in [3.05, 3.63) is 16.1 Å². The maximum Gasteiger partial charge on any atom is 0.191 e. The summed E-state index contributed by atoms with van der Waals surface area (Å²) in [5.41, 5.74) is -0.535. The zero-order chi connectivity index (χ0) is 14.4. The number of nitrogens with one attached hydrogen (secondary N) is 2. The van der Waals surface area contributed by atoms with Crippen LogP contribution in [0.25, 0.3) is 0 Å². The number of nitrogens with zero attached hydrogens (tertiary/aromatic N) is 2. The van der Waals surface area contributed by atoms with Crippen LogP contribution in [0, 0.1) is 0 Å². The Kier molecular flexibility index (Phi) is 5.37. The molecule has 0 unspecified atom stereocenters. The molecule has 0 saturated heterocycles. The van der Waals surface area contributed by atoms with Crippen molar-refractivity contribution in [3.63, 3.8) is 0 Å². The van der Waals surface area contributed by atoms with Gasteiger partial charge in [-0.25, -0.2) is 9.98 Å². The fourth-order valence-electron chi connectivity index (χ4n) is 2.08. The minimum Gasteiger partial charge on any atom is -0.388 e. The second kappa shape index (κ2) is 7.04. The van der Waals surface area contributed by atoms with E-state index in [9.17, 15) is 5.11 Å². The predicted octanol–water partition coefficient (Wildman–Crippen LogP) is 1.68. The van der Waals surface area contributed by atoms with Gasteiger partial charge in [0, 0.05) is 24.2 Å². The van der Waals surface area contributed by atoms with E-state index in [1.807, 2.05) is 13.1 Å². The quantitative estimate of drug-likeness (QED) is 0.552. The van der Waals surface area contributed by atoms with Crippen molar-refractivity contribution >= 4 is 17.3 Å². The van der Waals surface area contributed by atoms with Crippen LogP contribution in [0.2, 0.25) is 0 Å². The van der Waals surface area contributed by atoms with E-state index < -0.39 is 5.60 Å². The van der Waals surface area contributed by atoms with E-state index in [-0.39, 0.29) is 0 Å². The van der Waals surface area contributed by atoms with Crippen molar-refractivity contribution < 1.29 is 5.11 Å². The van der Waals surface area contributed by atoms with Gasteiger partial charge in [0.05, 0.1) is 12.1 Å². The van der Waals surface area contributed by atoms with Crippen LogP contribution >= 0.6 is 11.3 Å². The molecule has 0 amide bonds. The molecule has 1 aromatic heterocycles. The van der Waals surface area contributed by atoms with E-state index in [0.717, 1.165) is 43.2 Å². The molecule has 1 aliphatic rings. The lowest BCUT2D eigenvalue weighted by molar-refractivity contribution is -0.0279. The average Bonchev–Trinajstić information content (AvgIpc) is 2.88. The van der Waals surface area contributed by atoms with E-state index in [1.165, 1.54) is 4.88 Å². The summed E-state index contributed by atoms with van der Waals surface area (Å²) in [4.78, 5) is 10.2. The molecule has 112 valence electrons. The van der Waals surface area contributed by atoms with Crippen LogP contribution in [0.4, 0.5) is 0 Å². The van der Waals surface area contributed by atoms with Gasteiger partial charge in [-0.3, -0.25) is 0 Å². The second-order valence-corrected chi connectivity index (χ2v) is 6.40. The van der Waals surface area contributed by atoms with Crippen molar-refractivity contribution in [2.24, 2.45) is 4.99 Å². The first kappa shape index (κ1) is 15.3. The Morgan fingerprint density at radius 2 is 2.25 bits per heavy atom. The second-order valence-electron chi connectivity index (χ2n) is 5.20. The molecule has 20 heavy (non-hydrogen) atoms. The zero-order valence-electron chi connectivity index (χ0n) is 12.3. The molecule has 0 atom stereocenters. The van der Waals surface area contributed by atoms with Crippen LogP contribution in [0.3, 0.4) is 0 Å². The topological polar surface area (TPSA) is 69.5 Å². The van der Waals surface area contributed by atoms with Gasteiger partial charge in [-0.05, 0) is 32.6 Å². The largest absolute Gasteiger partial charge is 0.388 e. The number of aliphatic imine (C=N–C) groups is 1. The standard InChI is InChI=1S/C14H24N4OS/c1-3-11-8-16-12(20-11)9-17-13(15-4-2)18-10-14(19)6-5-7-14/h8,19H,3-7,9-10H2,1-2H3,(H2,15,17,18).